The quantitative estimate of drug-likeness (QED) is 0.301. The summed E-state index contributed by atoms with van der Waals surface area (Å²) in [6.07, 6.45) is 0.0388. The number of imidazole rings is 1. The fraction of sp³-hybridized carbons (Fsp3) is 0.450. The first kappa shape index (κ1) is 20.6. The Morgan fingerprint density at radius 2 is 1.80 bits per heavy atom. The molecule has 2 aromatic heterocycles. The Labute approximate surface area is 174 Å². The molecule has 0 saturated carbocycles. The third kappa shape index (κ3) is 4.42. The van der Waals surface area contributed by atoms with Gasteiger partial charge in [-0.15, -0.1) is 0 Å². The third-order valence-corrected chi connectivity index (χ3v) is 5.25. The van der Waals surface area contributed by atoms with Gasteiger partial charge in [0.25, 0.3) is 0 Å². The Kier molecular flexibility index (Phi) is 6.50. The predicted molar refractivity (Wildman–Crippen MR) is 111 cm³/mol. The van der Waals surface area contributed by atoms with Crippen LogP contribution in [-0.4, -0.2) is 67.7 Å². The van der Waals surface area contributed by atoms with Crippen molar-refractivity contribution in [3.63, 3.8) is 0 Å². The lowest BCUT2D eigenvalue weighted by Gasteiger charge is -2.16. The van der Waals surface area contributed by atoms with Gasteiger partial charge in [-0.05, 0) is 18.5 Å². The SMILES string of the molecule is Nc1ncnc2c1ncn2C1OC(CCNCCNCc2ccccc2)C(O)C1O. The van der Waals surface area contributed by atoms with Gasteiger partial charge in [-0.2, -0.15) is 0 Å². The van der Waals surface area contributed by atoms with Gasteiger partial charge in [0.1, 0.15) is 24.1 Å². The second-order valence-corrected chi connectivity index (χ2v) is 7.33. The number of nitrogens with one attached hydrogen (secondary N) is 2. The lowest BCUT2D eigenvalue weighted by molar-refractivity contribution is -0.0366. The smallest absolute Gasteiger partial charge is 0.167 e. The molecule has 0 spiro atoms. The van der Waals surface area contributed by atoms with Crippen LogP contribution in [0.5, 0.6) is 0 Å². The number of aliphatic hydroxyl groups is 2. The van der Waals surface area contributed by atoms with Gasteiger partial charge in [-0.25, -0.2) is 15.0 Å². The summed E-state index contributed by atoms with van der Waals surface area (Å²) in [6, 6.07) is 10.2. The van der Waals surface area contributed by atoms with E-state index in [1.54, 1.807) is 4.57 Å². The fourth-order valence-corrected chi connectivity index (χ4v) is 3.63. The van der Waals surface area contributed by atoms with E-state index >= 15 is 0 Å². The summed E-state index contributed by atoms with van der Waals surface area (Å²) in [5.41, 5.74) is 7.96. The lowest BCUT2D eigenvalue weighted by atomic mass is 10.1. The highest BCUT2D eigenvalue weighted by atomic mass is 16.6. The van der Waals surface area contributed by atoms with E-state index in [9.17, 15) is 10.2 Å². The molecule has 1 aromatic carbocycles. The van der Waals surface area contributed by atoms with Crippen molar-refractivity contribution in [2.75, 3.05) is 25.4 Å². The van der Waals surface area contributed by atoms with E-state index in [1.165, 1.54) is 18.2 Å². The van der Waals surface area contributed by atoms with Crippen LogP contribution in [-0.2, 0) is 11.3 Å². The molecule has 1 fully saturated rings. The van der Waals surface area contributed by atoms with Crippen molar-refractivity contribution in [2.45, 2.75) is 37.5 Å². The third-order valence-electron chi connectivity index (χ3n) is 5.25. The van der Waals surface area contributed by atoms with Gasteiger partial charge in [-0.3, -0.25) is 4.57 Å². The second kappa shape index (κ2) is 9.45. The summed E-state index contributed by atoms with van der Waals surface area (Å²) in [5.74, 6) is 0.258. The molecule has 3 aromatic rings. The average Bonchev–Trinajstić information content (AvgIpc) is 3.31. The maximum atomic E-state index is 10.5. The van der Waals surface area contributed by atoms with E-state index in [0.717, 1.165) is 19.6 Å². The highest BCUT2D eigenvalue weighted by molar-refractivity contribution is 5.81. The first-order valence-corrected chi connectivity index (χ1v) is 10.0. The standard InChI is InChI=1S/C20H27N7O3/c21-18-15-19(25-11-24-18)27(12-26-15)20-17(29)16(28)14(30-20)6-7-22-8-9-23-10-13-4-2-1-3-5-13/h1-5,11-12,14,16-17,20,22-23,28-29H,6-10H2,(H2,21,24,25). The Balaban J connectivity index is 1.23. The van der Waals surface area contributed by atoms with Gasteiger partial charge in [0.15, 0.2) is 17.7 Å². The molecule has 4 atom stereocenters. The minimum Gasteiger partial charge on any atom is -0.388 e. The van der Waals surface area contributed by atoms with Gasteiger partial charge in [0.05, 0.1) is 12.4 Å². The topological polar surface area (TPSA) is 143 Å². The van der Waals surface area contributed by atoms with E-state index < -0.39 is 24.5 Å². The molecule has 4 unspecified atom stereocenters. The highest BCUT2D eigenvalue weighted by Gasteiger charge is 2.43. The summed E-state index contributed by atoms with van der Waals surface area (Å²) in [5, 5.41) is 27.6. The van der Waals surface area contributed by atoms with Crippen molar-refractivity contribution < 1.29 is 14.9 Å². The number of aromatic nitrogens is 4. The monoisotopic (exact) mass is 413 g/mol. The van der Waals surface area contributed by atoms with Gasteiger partial charge in [-0.1, -0.05) is 30.3 Å². The average molecular weight is 413 g/mol. The van der Waals surface area contributed by atoms with Gasteiger partial charge in [0.2, 0.25) is 0 Å². The van der Waals surface area contributed by atoms with Crippen LogP contribution in [0.2, 0.25) is 0 Å². The van der Waals surface area contributed by atoms with Crippen LogP contribution in [0.4, 0.5) is 5.82 Å². The molecule has 6 N–H and O–H groups in total. The Hall–Kier alpha value is -2.63. The van der Waals surface area contributed by atoms with Crippen molar-refractivity contribution >= 4 is 17.0 Å². The van der Waals surface area contributed by atoms with Crippen molar-refractivity contribution in [3.8, 4) is 0 Å². The summed E-state index contributed by atoms with van der Waals surface area (Å²) < 4.78 is 7.52. The number of ether oxygens (including phenoxy) is 1. The highest BCUT2D eigenvalue weighted by Crippen LogP contribution is 2.32. The molecule has 3 heterocycles. The normalized spacial score (nSPS) is 23.9. The van der Waals surface area contributed by atoms with E-state index in [-0.39, 0.29) is 5.82 Å². The van der Waals surface area contributed by atoms with Crippen LogP contribution < -0.4 is 16.4 Å². The molecule has 0 bridgehead atoms. The minimum absolute atomic E-state index is 0.258. The van der Waals surface area contributed by atoms with Crippen LogP contribution in [0.1, 0.15) is 18.2 Å². The van der Waals surface area contributed by atoms with Crippen LogP contribution >= 0.6 is 0 Å². The van der Waals surface area contributed by atoms with Crippen molar-refractivity contribution in [3.05, 3.63) is 48.5 Å². The first-order valence-electron chi connectivity index (χ1n) is 10.0. The zero-order valence-corrected chi connectivity index (χ0v) is 16.6. The summed E-state index contributed by atoms with van der Waals surface area (Å²) in [7, 11) is 0. The van der Waals surface area contributed by atoms with E-state index in [4.69, 9.17) is 10.5 Å². The van der Waals surface area contributed by atoms with E-state index in [1.807, 2.05) is 18.2 Å². The molecule has 0 radical (unpaired) electrons. The molecule has 1 aliphatic heterocycles. The number of aliphatic hydroxyl groups excluding tert-OH is 2. The van der Waals surface area contributed by atoms with Gasteiger partial charge < -0.3 is 31.3 Å². The number of anilines is 1. The van der Waals surface area contributed by atoms with Crippen molar-refractivity contribution in [2.24, 2.45) is 0 Å². The Morgan fingerprint density at radius 1 is 1.00 bits per heavy atom. The molecule has 160 valence electrons. The molecule has 10 nitrogen and oxygen atoms in total. The summed E-state index contributed by atoms with van der Waals surface area (Å²) in [4.78, 5) is 12.3. The molecular formula is C20H27N7O3. The number of nitrogens with zero attached hydrogens (tertiary/aromatic N) is 4. The number of nitrogens with two attached hydrogens (primary N) is 1. The predicted octanol–water partition coefficient (Wildman–Crippen LogP) is -0.203. The van der Waals surface area contributed by atoms with Crippen LogP contribution in [0, 0.1) is 0 Å². The molecule has 0 amide bonds. The van der Waals surface area contributed by atoms with Gasteiger partial charge >= 0.3 is 0 Å². The van der Waals surface area contributed by atoms with Crippen LogP contribution in [0.3, 0.4) is 0 Å². The number of benzene rings is 1. The number of nitrogen functional groups attached to an aromatic ring is 1. The largest absolute Gasteiger partial charge is 0.388 e. The Morgan fingerprint density at radius 3 is 2.63 bits per heavy atom. The molecule has 30 heavy (non-hydrogen) atoms. The molecule has 1 aliphatic rings. The first-order chi connectivity index (χ1) is 14.6. The van der Waals surface area contributed by atoms with E-state index in [0.29, 0.717) is 24.1 Å². The zero-order chi connectivity index (χ0) is 20.9. The minimum atomic E-state index is -1.09. The van der Waals surface area contributed by atoms with Crippen LogP contribution in [0.25, 0.3) is 11.2 Å². The molecule has 4 rings (SSSR count). The van der Waals surface area contributed by atoms with Crippen molar-refractivity contribution in [1.29, 1.82) is 0 Å². The number of hydrogen-bond donors (Lipinski definition) is 5. The number of rotatable bonds is 9. The van der Waals surface area contributed by atoms with Gasteiger partial charge in [0, 0.05) is 19.6 Å². The lowest BCUT2D eigenvalue weighted by Crippen LogP contribution is -2.34. The maximum absolute atomic E-state index is 10.5. The summed E-state index contributed by atoms with van der Waals surface area (Å²) in [6.45, 7) is 3.11. The van der Waals surface area contributed by atoms with Crippen LogP contribution in [0.15, 0.2) is 43.0 Å². The Bertz CT molecular complexity index is 952. The maximum Gasteiger partial charge on any atom is 0.167 e. The fourth-order valence-electron chi connectivity index (χ4n) is 3.63. The zero-order valence-electron chi connectivity index (χ0n) is 16.6. The number of fused-ring (bicyclic) bond motifs is 1. The second-order valence-electron chi connectivity index (χ2n) is 7.33. The summed E-state index contributed by atoms with van der Waals surface area (Å²) >= 11 is 0. The molecule has 10 heteroatoms. The molecule has 1 saturated heterocycles. The molecule has 0 aliphatic carbocycles. The van der Waals surface area contributed by atoms with Crippen molar-refractivity contribution in [1.82, 2.24) is 30.2 Å². The number of hydrogen-bond acceptors (Lipinski definition) is 9. The van der Waals surface area contributed by atoms with E-state index in [2.05, 4.69) is 37.7 Å². The molecular weight excluding hydrogens is 386 g/mol.